The van der Waals surface area contributed by atoms with Crippen LogP contribution in [-0.2, 0) is 0 Å². The van der Waals surface area contributed by atoms with Crippen LogP contribution >= 0.6 is 0 Å². The number of nitrogens with zero attached hydrogens (tertiary/aromatic N) is 1. The van der Waals surface area contributed by atoms with E-state index in [1.165, 1.54) is 32.1 Å². The monoisotopic (exact) mass is 226 g/mol. The highest BCUT2D eigenvalue weighted by molar-refractivity contribution is 4.90. The van der Waals surface area contributed by atoms with Gasteiger partial charge in [-0.3, -0.25) is 4.90 Å². The summed E-state index contributed by atoms with van der Waals surface area (Å²) in [6.45, 7) is 4.10. The fourth-order valence-electron chi connectivity index (χ4n) is 3.28. The molecule has 1 heterocycles. The Hall–Kier alpha value is -0.120. The third-order valence-electron chi connectivity index (χ3n) is 4.44. The summed E-state index contributed by atoms with van der Waals surface area (Å²) in [4.78, 5) is 2.54. The Kier molecular flexibility index (Phi) is 4.22. The summed E-state index contributed by atoms with van der Waals surface area (Å²) in [6, 6.07) is 0.932. The molecule has 94 valence electrons. The molecule has 0 aromatic carbocycles. The van der Waals surface area contributed by atoms with E-state index >= 15 is 0 Å². The highest BCUT2D eigenvalue weighted by Crippen LogP contribution is 2.27. The first-order valence-corrected chi connectivity index (χ1v) is 6.86. The van der Waals surface area contributed by atoms with E-state index in [-0.39, 0.29) is 6.10 Å². The minimum absolute atomic E-state index is 0.160. The van der Waals surface area contributed by atoms with Crippen molar-refractivity contribution in [3.63, 3.8) is 0 Å². The molecule has 0 bridgehead atoms. The molecule has 1 aliphatic carbocycles. The van der Waals surface area contributed by atoms with E-state index in [1.54, 1.807) is 0 Å². The van der Waals surface area contributed by atoms with Gasteiger partial charge in [0.25, 0.3) is 0 Å². The maximum Gasteiger partial charge on any atom is 0.0552 e. The molecule has 3 nitrogen and oxygen atoms in total. The van der Waals surface area contributed by atoms with Crippen LogP contribution in [0.5, 0.6) is 0 Å². The fourth-order valence-corrected chi connectivity index (χ4v) is 3.28. The zero-order valence-electron chi connectivity index (χ0n) is 10.4. The Morgan fingerprint density at radius 2 is 1.94 bits per heavy atom. The van der Waals surface area contributed by atoms with Crippen LogP contribution in [-0.4, -0.2) is 41.3 Å². The third-order valence-corrected chi connectivity index (χ3v) is 4.44. The van der Waals surface area contributed by atoms with E-state index < -0.39 is 0 Å². The van der Waals surface area contributed by atoms with Gasteiger partial charge in [-0.25, -0.2) is 0 Å². The molecule has 3 heteroatoms. The molecule has 1 aliphatic heterocycles. The van der Waals surface area contributed by atoms with Crippen molar-refractivity contribution in [1.29, 1.82) is 0 Å². The van der Waals surface area contributed by atoms with Crippen LogP contribution in [0.3, 0.4) is 0 Å². The van der Waals surface area contributed by atoms with E-state index in [2.05, 4.69) is 4.90 Å². The molecule has 0 radical (unpaired) electrons. The van der Waals surface area contributed by atoms with Gasteiger partial charge in [0.2, 0.25) is 0 Å². The van der Waals surface area contributed by atoms with Crippen molar-refractivity contribution in [2.24, 2.45) is 11.7 Å². The summed E-state index contributed by atoms with van der Waals surface area (Å²) in [7, 11) is 0. The number of aliphatic hydroxyl groups is 1. The lowest BCUT2D eigenvalue weighted by Crippen LogP contribution is -2.46. The molecule has 2 aliphatic rings. The maximum absolute atomic E-state index is 9.63. The second kappa shape index (κ2) is 5.48. The number of likely N-dealkylation sites (tertiary alicyclic amines) is 1. The Morgan fingerprint density at radius 3 is 2.62 bits per heavy atom. The molecule has 0 aromatic rings. The molecular formula is C13H26N2O. The smallest absolute Gasteiger partial charge is 0.0552 e. The van der Waals surface area contributed by atoms with Crippen molar-refractivity contribution < 1.29 is 5.11 Å². The highest BCUT2D eigenvalue weighted by Gasteiger charge is 2.33. The summed E-state index contributed by atoms with van der Waals surface area (Å²) in [6.07, 6.45) is 7.39. The summed E-state index contributed by atoms with van der Waals surface area (Å²) >= 11 is 0. The standard InChI is InChI=1S/C13H26N2O/c1-10(16)11-7-8-15(9-11)13-6-4-2-3-5-12(13)14/h10-13,16H,2-9,14H2,1H3. The molecular weight excluding hydrogens is 200 g/mol. The van der Waals surface area contributed by atoms with Gasteiger partial charge in [0.05, 0.1) is 6.10 Å². The van der Waals surface area contributed by atoms with Crippen LogP contribution in [0.2, 0.25) is 0 Å². The topological polar surface area (TPSA) is 49.5 Å². The van der Waals surface area contributed by atoms with E-state index in [0.29, 0.717) is 18.0 Å². The molecule has 4 unspecified atom stereocenters. The molecule has 4 atom stereocenters. The summed E-state index contributed by atoms with van der Waals surface area (Å²) in [5.41, 5.74) is 6.28. The van der Waals surface area contributed by atoms with Gasteiger partial charge in [0.15, 0.2) is 0 Å². The number of aliphatic hydroxyl groups excluding tert-OH is 1. The minimum Gasteiger partial charge on any atom is -0.393 e. The van der Waals surface area contributed by atoms with Gasteiger partial charge in [-0.2, -0.15) is 0 Å². The van der Waals surface area contributed by atoms with Gasteiger partial charge in [-0.1, -0.05) is 19.3 Å². The second-order valence-electron chi connectivity index (χ2n) is 5.65. The number of nitrogens with two attached hydrogens (primary N) is 1. The van der Waals surface area contributed by atoms with Crippen LogP contribution in [0, 0.1) is 5.92 Å². The lowest BCUT2D eigenvalue weighted by Gasteiger charge is -2.31. The van der Waals surface area contributed by atoms with Crippen LogP contribution in [0.4, 0.5) is 0 Å². The van der Waals surface area contributed by atoms with E-state index in [0.717, 1.165) is 19.5 Å². The molecule has 1 saturated heterocycles. The van der Waals surface area contributed by atoms with Gasteiger partial charge < -0.3 is 10.8 Å². The fraction of sp³-hybridized carbons (Fsp3) is 1.00. The molecule has 0 amide bonds. The number of hydrogen-bond donors (Lipinski definition) is 2. The Morgan fingerprint density at radius 1 is 1.19 bits per heavy atom. The predicted octanol–water partition coefficient (Wildman–Crippen LogP) is 1.35. The molecule has 2 fully saturated rings. The van der Waals surface area contributed by atoms with Crippen molar-refractivity contribution in [2.45, 2.75) is 63.6 Å². The summed E-state index contributed by atoms with van der Waals surface area (Å²) < 4.78 is 0. The van der Waals surface area contributed by atoms with Crippen molar-refractivity contribution in [3.8, 4) is 0 Å². The van der Waals surface area contributed by atoms with Crippen molar-refractivity contribution in [3.05, 3.63) is 0 Å². The molecule has 16 heavy (non-hydrogen) atoms. The van der Waals surface area contributed by atoms with Crippen LogP contribution < -0.4 is 5.73 Å². The Balaban J connectivity index is 1.91. The second-order valence-corrected chi connectivity index (χ2v) is 5.65. The SMILES string of the molecule is CC(O)C1CCN(C2CCCCCC2N)C1. The average molecular weight is 226 g/mol. The van der Waals surface area contributed by atoms with Gasteiger partial charge in [-0.05, 0) is 38.6 Å². The van der Waals surface area contributed by atoms with Crippen molar-refractivity contribution >= 4 is 0 Å². The largest absolute Gasteiger partial charge is 0.393 e. The Bertz CT molecular complexity index is 220. The first-order valence-electron chi connectivity index (χ1n) is 6.86. The summed E-state index contributed by atoms with van der Waals surface area (Å²) in [5, 5.41) is 9.63. The van der Waals surface area contributed by atoms with E-state index in [9.17, 15) is 5.11 Å². The van der Waals surface area contributed by atoms with Gasteiger partial charge >= 0.3 is 0 Å². The zero-order chi connectivity index (χ0) is 11.5. The van der Waals surface area contributed by atoms with Crippen LogP contribution in [0.25, 0.3) is 0 Å². The predicted molar refractivity (Wildman–Crippen MR) is 66.2 cm³/mol. The molecule has 1 saturated carbocycles. The third kappa shape index (κ3) is 2.76. The molecule has 2 rings (SSSR count). The minimum atomic E-state index is -0.160. The van der Waals surface area contributed by atoms with Gasteiger partial charge in [0, 0.05) is 18.6 Å². The van der Waals surface area contributed by atoms with E-state index in [4.69, 9.17) is 5.73 Å². The average Bonchev–Trinajstić information content (AvgIpc) is 2.63. The molecule has 0 spiro atoms. The lowest BCUT2D eigenvalue weighted by molar-refractivity contribution is 0.117. The summed E-state index contributed by atoms with van der Waals surface area (Å²) in [5.74, 6) is 0.468. The van der Waals surface area contributed by atoms with Crippen molar-refractivity contribution in [2.75, 3.05) is 13.1 Å². The highest BCUT2D eigenvalue weighted by atomic mass is 16.3. The Labute approximate surface area is 99.0 Å². The van der Waals surface area contributed by atoms with Gasteiger partial charge in [0.1, 0.15) is 0 Å². The van der Waals surface area contributed by atoms with Gasteiger partial charge in [-0.15, -0.1) is 0 Å². The quantitative estimate of drug-likeness (QED) is 0.699. The maximum atomic E-state index is 9.63. The van der Waals surface area contributed by atoms with Crippen LogP contribution in [0.1, 0.15) is 45.4 Å². The molecule has 3 N–H and O–H groups in total. The zero-order valence-corrected chi connectivity index (χ0v) is 10.4. The normalized spacial score (nSPS) is 39.6. The first kappa shape index (κ1) is 12.3. The molecule has 0 aromatic heterocycles. The van der Waals surface area contributed by atoms with Crippen LogP contribution in [0.15, 0.2) is 0 Å². The van der Waals surface area contributed by atoms with E-state index in [1.807, 2.05) is 6.92 Å². The number of hydrogen-bond acceptors (Lipinski definition) is 3. The van der Waals surface area contributed by atoms with Crippen molar-refractivity contribution in [1.82, 2.24) is 4.90 Å². The lowest BCUT2D eigenvalue weighted by atomic mass is 10.0. The first-order chi connectivity index (χ1) is 7.68. The number of rotatable bonds is 2.